The molecule has 0 amide bonds. The molecule has 1 aliphatic carbocycles. The Morgan fingerprint density at radius 2 is 2.08 bits per heavy atom. The molecule has 0 fully saturated rings. The van der Waals surface area contributed by atoms with Crippen LogP contribution in [-0.2, 0) is 0 Å². The van der Waals surface area contributed by atoms with Crippen LogP contribution in [0.2, 0.25) is 0 Å². The number of benzene rings is 1. The Morgan fingerprint density at radius 3 is 2.85 bits per heavy atom. The molecule has 1 aliphatic rings. The Kier molecular flexibility index (Phi) is 2.22. The van der Waals surface area contributed by atoms with Crippen LogP contribution in [-0.4, -0.2) is 0 Å². The second-order valence-electron chi connectivity index (χ2n) is 3.81. The van der Waals surface area contributed by atoms with Crippen molar-refractivity contribution in [2.24, 2.45) is 0 Å². The van der Waals surface area contributed by atoms with Gasteiger partial charge < -0.3 is 0 Å². The van der Waals surface area contributed by atoms with E-state index in [1.807, 2.05) is 0 Å². The maximum atomic E-state index is 2.40. The predicted octanol–water partition coefficient (Wildman–Crippen LogP) is 3.99. The summed E-state index contributed by atoms with van der Waals surface area (Å²) in [5.41, 5.74) is 4.53. The van der Waals surface area contributed by atoms with E-state index in [0.29, 0.717) is 5.92 Å². The Bertz CT molecular complexity index is 334. The summed E-state index contributed by atoms with van der Waals surface area (Å²) in [4.78, 5) is 0. The molecule has 0 N–H and O–H groups in total. The fraction of sp³-hybridized carbons (Fsp3) is 0.385. The van der Waals surface area contributed by atoms with E-state index in [4.69, 9.17) is 0 Å². The topological polar surface area (TPSA) is 0 Å². The van der Waals surface area contributed by atoms with Crippen molar-refractivity contribution < 1.29 is 0 Å². The molecule has 0 radical (unpaired) electrons. The minimum atomic E-state index is 0.700. The lowest BCUT2D eigenvalue weighted by molar-refractivity contribution is 0.764. The first kappa shape index (κ1) is 8.55. The first-order valence-corrected chi connectivity index (χ1v) is 5.11. The van der Waals surface area contributed by atoms with Gasteiger partial charge in [0.2, 0.25) is 0 Å². The summed E-state index contributed by atoms with van der Waals surface area (Å²) in [6.07, 6.45) is 4.76. The van der Waals surface area contributed by atoms with Crippen molar-refractivity contribution in [3.8, 4) is 0 Å². The molecular weight excluding hydrogens is 156 g/mol. The van der Waals surface area contributed by atoms with Gasteiger partial charge in [0.1, 0.15) is 0 Å². The van der Waals surface area contributed by atoms with Gasteiger partial charge in [-0.3, -0.25) is 0 Å². The van der Waals surface area contributed by atoms with E-state index in [2.05, 4.69) is 44.2 Å². The molecule has 0 aromatic heterocycles. The van der Waals surface area contributed by atoms with Crippen molar-refractivity contribution >= 4 is 5.57 Å². The first-order chi connectivity index (χ1) is 6.33. The summed E-state index contributed by atoms with van der Waals surface area (Å²) in [5, 5.41) is 0. The number of hydrogen-bond acceptors (Lipinski definition) is 0. The van der Waals surface area contributed by atoms with Gasteiger partial charge >= 0.3 is 0 Å². The monoisotopic (exact) mass is 172 g/mol. The maximum absolute atomic E-state index is 2.40. The third-order valence-corrected chi connectivity index (χ3v) is 2.94. The lowest BCUT2D eigenvalue weighted by Gasteiger charge is -2.22. The van der Waals surface area contributed by atoms with Crippen LogP contribution >= 0.6 is 0 Å². The molecule has 1 aromatic carbocycles. The van der Waals surface area contributed by atoms with Crippen LogP contribution in [0.5, 0.6) is 0 Å². The molecular formula is C13H16. The third-order valence-electron chi connectivity index (χ3n) is 2.94. The average Bonchev–Trinajstić information content (AvgIpc) is 2.19. The lowest BCUT2D eigenvalue weighted by Crippen LogP contribution is -2.03. The second kappa shape index (κ2) is 3.37. The zero-order valence-corrected chi connectivity index (χ0v) is 8.38. The van der Waals surface area contributed by atoms with Crippen LogP contribution in [0.4, 0.5) is 0 Å². The van der Waals surface area contributed by atoms with Gasteiger partial charge in [0.15, 0.2) is 0 Å². The summed E-state index contributed by atoms with van der Waals surface area (Å²) in [5.74, 6) is 0.700. The molecule has 0 heteroatoms. The van der Waals surface area contributed by atoms with Gasteiger partial charge in [0.05, 0.1) is 0 Å². The van der Waals surface area contributed by atoms with Gasteiger partial charge in [-0.25, -0.2) is 0 Å². The highest BCUT2D eigenvalue weighted by Crippen LogP contribution is 2.34. The van der Waals surface area contributed by atoms with Crippen molar-refractivity contribution in [1.82, 2.24) is 0 Å². The van der Waals surface area contributed by atoms with Gasteiger partial charge in [-0.2, -0.15) is 0 Å². The van der Waals surface area contributed by atoms with Crippen LogP contribution < -0.4 is 0 Å². The van der Waals surface area contributed by atoms with Crippen molar-refractivity contribution in [3.05, 3.63) is 41.5 Å². The lowest BCUT2D eigenvalue weighted by atomic mass is 9.83. The second-order valence-corrected chi connectivity index (χ2v) is 3.81. The van der Waals surface area contributed by atoms with E-state index in [9.17, 15) is 0 Å². The highest BCUT2D eigenvalue weighted by molar-refractivity contribution is 5.70. The van der Waals surface area contributed by atoms with Crippen molar-refractivity contribution in [2.45, 2.75) is 32.6 Å². The van der Waals surface area contributed by atoms with Gasteiger partial charge in [-0.05, 0) is 35.5 Å². The van der Waals surface area contributed by atoms with E-state index in [1.54, 1.807) is 0 Å². The molecule has 13 heavy (non-hydrogen) atoms. The molecule has 0 bridgehead atoms. The Balaban J connectivity index is 2.52. The Morgan fingerprint density at radius 1 is 1.31 bits per heavy atom. The Labute approximate surface area is 80.3 Å². The van der Waals surface area contributed by atoms with Crippen LogP contribution in [0.3, 0.4) is 0 Å². The van der Waals surface area contributed by atoms with Crippen LogP contribution in [0, 0.1) is 0 Å². The molecule has 0 spiro atoms. The van der Waals surface area contributed by atoms with E-state index >= 15 is 0 Å². The molecule has 0 heterocycles. The molecule has 1 aromatic rings. The SMILES string of the molecule is CCC1=CCC(C)c2ccccc21. The quantitative estimate of drug-likeness (QED) is 0.601. The van der Waals surface area contributed by atoms with Gasteiger partial charge in [-0.15, -0.1) is 0 Å². The summed E-state index contributed by atoms with van der Waals surface area (Å²) in [6, 6.07) is 8.80. The third kappa shape index (κ3) is 1.41. The normalized spacial score (nSPS) is 20.8. The van der Waals surface area contributed by atoms with Crippen LogP contribution in [0.15, 0.2) is 30.3 Å². The number of rotatable bonds is 1. The number of fused-ring (bicyclic) bond motifs is 1. The zero-order valence-electron chi connectivity index (χ0n) is 8.38. The minimum Gasteiger partial charge on any atom is -0.0801 e. The number of hydrogen-bond donors (Lipinski definition) is 0. The van der Waals surface area contributed by atoms with Crippen molar-refractivity contribution in [3.63, 3.8) is 0 Å². The van der Waals surface area contributed by atoms with E-state index in [-0.39, 0.29) is 0 Å². The summed E-state index contributed by atoms with van der Waals surface area (Å²) < 4.78 is 0. The Hall–Kier alpha value is -1.04. The van der Waals surface area contributed by atoms with Gasteiger partial charge in [-0.1, -0.05) is 44.2 Å². The number of allylic oxidation sites excluding steroid dienone is 2. The van der Waals surface area contributed by atoms with E-state index < -0.39 is 0 Å². The standard InChI is InChI=1S/C13H16/c1-3-11-9-8-10(2)12-6-4-5-7-13(11)12/h4-7,9-10H,3,8H2,1-2H3. The molecule has 1 unspecified atom stereocenters. The summed E-state index contributed by atoms with van der Waals surface area (Å²) >= 11 is 0. The molecule has 0 saturated carbocycles. The van der Waals surface area contributed by atoms with Crippen LogP contribution in [0.1, 0.15) is 43.7 Å². The largest absolute Gasteiger partial charge is 0.0801 e. The summed E-state index contributed by atoms with van der Waals surface area (Å²) in [6.45, 7) is 4.54. The smallest absolute Gasteiger partial charge is 0.0150 e. The highest BCUT2D eigenvalue weighted by Gasteiger charge is 2.15. The molecule has 0 saturated heterocycles. The fourth-order valence-corrected chi connectivity index (χ4v) is 2.11. The molecule has 2 rings (SSSR count). The minimum absolute atomic E-state index is 0.700. The van der Waals surface area contributed by atoms with E-state index in [0.717, 1.165) is 6.42 Å². The first-order valence-electron chi connectivity index (χ1n) is 5.11. The maximum Gasteiger partial charge on any atom is -0.0150 e. The highest BCUT2D eigenvalue weighted by atomic mass is 14.2. The van der Waals surface area contributed by atoms with Crippen molar-refractivity contribution in [1.29, 1.82) is 0 Å². The fourth-order valence-electron chi connectivity index (χ4n) is 2.11. The average molecular weight is 172 g/mol. The van der Waals surface area contributed by atoms with Crippen LogP contribution in [0.25, 0.3) is 5.57 Å². The van der Waals surface area contributed by atoms with Gasteiger partial charge in [0, 0.05) is 0 Å². The molecule has 0 aliphatic heterocycles. The molecule has 0 nitrogen and oxygen atoms in total. The predicted molar refractivity (Wildman–Crippen MR) is 57.7 cm³/mol. The zero-order chi connectivity index (χ0) is 9.26. The molecule has 68 valence electrons. The van der Waals surface area contributed by atoms with Crippen molar-refractivity contribution in [2.75, 3.05) is 0 Å². The van der Waals surface area contributed by atoms with E-state index in [1.165, 1.54) is 23.1 Å². The van der Waals surface area contributed by atoms with Gasteiger partial charge in [0.25, 0.3) is 0 Å². The summed E-state index contributed by atoms with van der Waals surface area (Å²) in [7, 11) is 0. The molecule has 1 atom stereocenters.